The highest BCUT2D eigenvalue weighted by molar-refractivity contribution is 5.70. The van der Waals surface area contributed by atoms with Crippen molar-refractivity contribution in [1.82, 2.24) is 0 Å². The van der Waals surface area contributed by atoms with Crippen molar-refractivity contribution in [3.05, 3.63) is 33.9 Å². The van der Waals surface area contributed by atoms with E-state index in [9.17, 15) is 28.1 Å². The lowest BCUT2D eigenvalue weighted by Crippen LogP contribution is -2.14. The van der Waals surface area contributed by atoms with Gasteiger partial charge in [-0.2, -0.15) is 13.2 Å². The molecular weight excluding hydrogens is 281 g/mol. The predicted molar refractivity (Wildman–Crippen MR) is 63.2 cm³/mol. The second-order valence-corrected chi connectivity index (χ2v) is 3.74. The molecule has 110 valence electrons. The van der Waals surface area contributed by atoms with E-state index >= 15 is 0 Å². The standard InChI is InChI=1S/C11H11F3N2O4/c1-20-10(17)4-5-15-9-3-2-7(16(18)19)6-8(9)11(12,13)14/h2-3,6,15H,4-5H2,1H3. The maximum absolute atomic E-state index is 12.8. The molecule has 0 bridgehead atoms. The molecule has 0 saturated heterocycles. The molecule has 0 atom stereocenters. The molecule has 0 amide bonds. The van der Waals surface area contributed by atoms with Crippen LogP contribution in [0.5, 0.6) is 0 Å². The van der Waals surface area contributed by atoms with Crippen LogP contribution in [0.2, 0.25) is 0 Å². The summed E-state index contributed by atoms with van der Waals surface area (Å²) in [5, 5.41) is 12.9. The van der Waals surface area contributed by atoms with E-state index in [1.54, 1.807) is 0 Å². The van der Waals surface area contributed by atoms with Gasteiger partial charge in [-0.15, -0.1) is 0 Å². The van der Waals surface area contributed by atoms with Gasteiger partial charge in [0.1, 0.15) is 0 Å². The van der Waals surface area contributed by atoms with Crippen LogP contribution in [0.15, 0.2) is 18.2 Å². The predicted octanol–water partition coefficient (Wildman–Crippen LogP) is 2.59. The summed E-state index contributed by atoms with van der Waals surface area (Å²) >= 11 is 0. The molecule has 1 N–H and O–H groups in total. The Labute approximate surface area is 111 Å². The Morgan fingerprint density at radius 3 is 2.60 bits per heavy atom. The van der Waals surface area contributed by atoms with Crippen LogP contribution in [-0.4, -0.2) is 24.5 Å². The van der Waals surface area contributed by atoms with Gasteiger partial charge >= 0.3 is 12.1 Å². The number of benzene rings is 1. The third kappa shape index (κ3) is 4.11. The second kappa shape index (κ2) is 6.22. The number of alkyl halides is 3. The number of halogens is 3. The lowest BCUT2D eigenvalue weighted by molar-refractivity contribution is -0.385. The van der Waals surface area contributed by atoms with Crippen molar-refractivity contribution < 1.29 is 27.6 Å². The molecule has 0 heterocycles. The van der Waals surface area contributed by atoms with Crippen molar-refractivity contribution >= 4 is 17.3 Å². The molecule has 0 aliphatic rings. The van der Waals surface area contributed by atoms with E-state index in [0.29, 0.717) is 6.07 Å². The molecular formula is C11H11F3N2O4. The molecule has 0 radical (unpaired) electrons. The van der Waals surface area contributed by atoms with E-state index in [4.69, 9.17) is 0 Å². The van der Waals surface area contributed by atoms with E-state index in [1.165, 1.54) is 0 Å². The van der Waals surface area contributed by atoms with Crippen LogP contribution in [0.3, 0.4) is 0 Å². The zero-order chi connectivity index (χ0) is 15.3. The minimum Gasteiger partial charge on any atom is -0.469 e. The van der Waals surface area contributed by atoms with Crippen LogP contribution >= 0.6 is 0 Å². The monoisotopic (exact) mass is 292 g/mol. The number of esters is 1. The number of hydrogen-bond donors (Lipinski definition) is 1. The van der Waals surface area contributed by atoms with E-state index in [-0.39, 0.29) is 18.7 Å². The average molecular weight is 292 g/mol. The molecule has 0 spiro atoms. The largest absolute Gasteiger partial charge is 0.469 e. The molecule has 0 aliphatic heterocycles. The molecule has 0 aromatic heterocycles. The van der Waals surface area contributed by atoms with Crippen molar-refractivity contribution in [2.24, 2.45) is 0 Å². The molecule has 0 fully saturated rings. The highest BCUT2D eigenvalue weighted by Crippen LogP contribution is 2.36. The summed E-state index contributed by atoms with van der Waals surface area (Å²) < 4.78 is 42.7. The van der Waals surface area contributed by atoms with Crippen molar-refractivity contribution in [3.8, 4) is 0 Å². The van der Waals surface area contributed by atoms with Gasteiger partial charge in [0.05, 0.1) is 24.0 Å². The van der Waals surface area contributed by atoms with Crippen LogP contribution in [0.1, 0.15) is 12.0 Å². The Bertz CT molecular complexity index is 517. The van der Waals surface area contributed by atoms with E-state index in [0.717, 1.165) is 19.2 Å². The van der Waals surface area contributed by atoms with Gasteiger partial charge in [-0.1, -0.05) is 0 Å². The maximum atomic E-state index is 12.8. The summed E-state index contributed by atoms with van der Waals surface area (Å²) in [6, 6.07) is 2.36. The van der Waals surface area contributed by atoms with Gasteiger partial charge in [0.15, 0.2) is 0 Å². The number of carbonyl (C=O) groups is 1. The molecule has 9 heteroatoms. The first-order valence-electron chi connectivity index (χ1n) is 5.42. The molecule has 0 saturated carbocycles. The number of hydrogen-bond acceptors (Lipinski definition) is 5. The highest BCUT2D eigenvalue weighted by Gasteiger charge is 2.35. The Balaban J connectivity index is 2.95. The smallest absolute Gasteiger partial charge is 0.418 e. The third-order valence-corrected chi connectivity index (χ3v) is 2.39. The lowest BCUT2D eigenvalue weighted by Gasteiger charge is -2.14. The number of nitrogens with zero attached hydrogens (tertiary/aromatic N) is 1. The van der Waals surface area contributed by atoms with E-state index in [2.05, 4.69) is 10.1 Å². The first kappa shape index (κ1) is 15.7. The second-order valence-electron chi connectivity index (χ2n) is 3.74. The average Bonchev–Trinajstić information content (AvgIpc) is 2.37. The van der Waals surface area contributed by atoms with Crippen LogP contribution < -0.4 is 5.32 Å². The summed E-state index contributed by atoms with van der Waals surface area (Å²) in [4.78, 5) is 20.4. The van der Waals surface area contributed by atoms with Crippen LogP contribution in [0.4, 0.5) is 24.5 Å². The number of nitro benzene ring substituents is 1. The summed E-state index contributed by atoms with van der Waals surface area (Å²) in [7, 11) is 1.16. The SMILES string of the molecule is COC(=O)CCNc1ccc([N+](=O)[O-])cc1C(F)(F)F. The van der Waals surface area contributed by atoms with Gasteiger partial charge < -0.3 is 10.1 Å². The number of nitro groups is 1. The van der Waals surface area contributed by atoms with Crippen molar-refractivity contribution in [2.45, 2.75) is 12.6 Å². The third-order valence-electron chi connectivity index (χ3n) is 2.39. The highest BCUT2D eigenvalue weighted by atomic mass is 19.4. The zero-order valence-corrected chi connectivity index (χ0v) is 10.4. The molecule has 1 aromatic carbocycles. The quantitative estimate of drug-likeness (QED) is 0.512. The molecule has 0 unspecified atom stereocenters. The Hall–Kier alpha value is -2.32. The molecule has 0 aliphatic carbocycles. The fraction of sp³-hybridized carbons (Fsp3) is 0.364. The number of non-ortho nitro benzene ring substituents is 1. The number of carbonyl (C=O) groups excluding carboxylic acids is 1. The normalized spacial score (nSPS) is 11.0. The van der Waals surface area contributed by atoms with Crippen LogP contribution in [0, 0.1) is 10.1 Å². The van der Waals surface area contributed by atoms with E-state index < -0.39 is 28.3 Å². The lowest BCUT2D eigenvalue weighted by atomic mass is 10.1. The molecule has 6 nitrogen and oxygen atoms in total. The van der Waals surface area contributed by atoms with Gasteiger partial charge in [0.25, 0.3) is 5.69 Å². The zero-order valence-electron chi connectivity index (χ0n) is 10.4. The first-order valence-corrected chi connectivity index (χ1v) is 5.42. The number of rotatable bonds is 5. The minimum absolute atomic E-state index is 0.0758. The van der Waals surface area contributed by atoms with Gasteiger partial charge in [0.2, 0.25) is 0 Å². The van der Waals surface area contributed by atoms with Gasteiger partial charge in [-0.25, -0.2) is 0 Å². The minimum atomic E-state index is -4.74. The van der Waals surface area contributed by atoms with Gasteiger partial charge in [-0.05, 0) is 6.07 Å². The Kier molecular flexibility index (Phi) is 4.89. The van der Waals surface area contributed by atoms with Gasteiger partial charge in [0, 0.05) is 24.4 Å². The van der Waals surface area contributed by atoms with Crippen molar-refractivity contribution in [3.63, 3.8) is 0 Å². The topological polar surface area (TPSA) is 81.5 Å². The fourth-order valence-electron chi connectivity index (χ4n) is 1.44. The Morgan fingerprint density at radius 2 is 2.10 bits per heavy atom. The van der Waals surface area contributed by atoms with Gasteiger partial charge in [-0.3, -0.25) is 14.9 Å². The van der Waals surface area contributed by atoms with Crippen molar-refractivity contribution in [1.29, 1.82) is 0 Å². The number of nitrogens with one attached hydrogen (secondary N) is 1. The summed E-state index contributed by atoms with van der Waals surface area (Å²) in [5.74, 6) is -0.576. The Morgan fingerprint density at radius 1 is 1.45 bits per heavy atom. The molecule has 20 heavy (non-hydrogen) atoms. The molecule has 1 aromatic rings. The summed E-state index contributed by atoms with van der Waals surface area (Å²) in [5.41, 5.74) is -2.14. The first-order chi connectivity index (χ1) is 9.25. The number of ether oxygens (including phenoxy) is 1. The van der Waals surface area contributed by atoms with Crippen molar-refractivity contribution in [2.75, 3.05) is 19.0 Å². The maximum Gasteiger partial charge on any atom is 0.418 e. The molecule has 1 rings (SSSR count). The summed E-state index contributed by atoms with van der Waals surface area (Å²) in [6.45, 7) is -0.0758. The number of anilines is 1. The van der Waals surface area contributed by atoms with E-state index in [1.807, 2.05) is 0 Å². The number of methoxy groups -OCH3 is 1. The summed E-state index contributed by atoms with van der Waals surface area (Å²) in [6.07, 6.45) is -4.86. The fourth-order valence-corrected chi connectivity index (χ4v) is 1.44. The van der Waals surface area contributed by atoms with Crippen LogP contribution in [0.25, 0.3) is 0 Å². The van der Waals surface area contributed by atoms with Crippen LogP contribution in [-0.2, 0) is 15.7 Å².